The zero-order valence-electron chi connectivity index (χ0n) is 11.0. The van der Waals surface area contributed by atoms with Crippen molar-refractivity contribution in [3.05, 3.63) is 69.5 Å². The summed E-state index contributed by atoms with van der Waals surface area (Å²) >= 11 is 12.0. The maximum absolute atomic E-state index is 13.3. The molecule has 21 heavy (non-hydrogen) atoms. The number of halogens is 3. The lowest BCUT2D eigenvalue weighted by atomic mass is 9.92. The Balaban J connectivity index is 2.22. The molecule has 0 saturated heterocycles. The predicted molar refractivity (Wildman–Crippen MR) is 81.4 cm³/mol. The van der Waals surface area contributed by atoms with Crippen LogP contribution < -0.4 is 0 Å². The molecule has 1 atom stereocenters. The molecule has 0 heterocycles. The van der Waals surface area contributed by atoms with Gasteiger partial charge in [0.1, 0.15) is 5.82 Å². The fraction of sp³-hybridized carbons (Fsp3) is 0.188. The van der Waals surface area contributed by atoms with Crippen molar-refractivity contribution in [2.75, 3.05) is 0 Å². The fourth-order valence-electron chi connectivity index (χ4n) is 2.14. The molecule has 0 spiro atoms. The molecule has 1 N–H and O–H groups in total. The topological polar surface area (TPSA) is 37.3 Å². The lowest BCUT2D eigenvalue weighted by molar-refractivity contribution is -0.141. The summed E-state index contributed by atoms with van der Waals surface area (Å²) in [6.07, 6.45) is 0.416. The van der Waals surface area contributed by atoms with Crippen molar-refractivity contribution in [3.63, 3.8) is 0 Å². The standard InChI is InChI=1S/C16H13Cl2FO2/c17-14-4-2-1-3-10(14)7-12(16(20)21)8-11-9-13(19)5-6-15(11)18/h1-6,9,12H,7-8H2,(H,20,21). The average molecular weight is 327 g/mol. The maximum atomic E-state index is 13.3. The number of hydrogen-bond acceptors (Lipinski definition) is 1. The monoisotopic (exact) mass is 326 g/mol. The first kappa shape index (κ1) is 15.8. The number of carbonyl (C=O) groups is 1. The van der Waals surface area contributed by atoms with Gasteiger partial charge in [-0.25, -0.2) is 4.39 Å². The van der Waals surface area contributed by atoms with Crippen molar-refractivity contribution in [2.24, 2.45) is 5.92 Å². The zero-order chi connectivity index (χ0) is 15.4. The first-order chi connectivity index (χ1) is 9.97. The Morgan fingerprint density at radius 3 is 2.33 bits per heavy atom. The van der Waals surface area contributed by atoms with Gasteiger partial charge in [0.2, 0.25) is 0 Å². The Kier molecular flexibility index (Phi) is 5.21. The lowest BCUT2D eigenvalue weighted by Gasteiger charge is -2.14. The molecule has 2 aromatic carbocycles. The molecule has 2 nitrogen and oxygen atoms in total. The van der Waals surface area contributed by atoms with Crippen LogP contribution in [0.2, 0.25) is 10.0 Å². The number of rotatable bonds is 5. The Bertz CT molecular complexity index is 658. The molecule has 2 rings (SSSR count). The lowest BCUT2D eigenvalue weighted by Crippen LogP contribution is -2.19. The van der Waals surface area contributed by atoms with E-state index in [4.69, 9.17) is 23.2 Å². The van der Waals surface area contributed by atoms with Gasteiger partial charge in [-0.3, -0.25) is 4.79 Å². The van der Waals surface area contributed by atoms with Crippen molar-refractivity contribution in [1.29, 1.82) is 0 Å². The predicted octanol–water partition coefficient (Wildman–Crippen LogP) is 4.62. The van der Waals surface area contributed by atoms with Gasteiger partial charge in [0, 0.05) is 10.0 Å². The van der Waals surface area contributed by atoms with Crippen LogP contribution in [0.3, 0.4) is 0 Å². The maximum Gasteiger partial charge on any atom is 0.307 e. The van der Waals surface area contributed by atoms with Crippen molar-refractivity contribution in [3.8, 4) is 0 Å². The second-order valence-corrected chi connectivity index (χ2v) is 5.58. The molecule has 0 aromatic heterocycles. The highest BCUT2D eigenvalue weighted by Gasteiger charge is 2.21. The molecule has 5 heteroatoms. The van der Waals surface area contributed by atoms with Crippen LogP contribution in [-0.4, -0.2) is 11.1 Å². The number of aliphatic carboxylic acids is 1. The summed E-state index contributed by atoms with van der Waals surface area (Å²) in [5.74, 6) is -2.12. The van der Waals surface area contributed by atoms with E-state index in [9.17, 15) is 14.3 Å². The molecule has 2 aromatic rings. The van der Waals surface area contributed by atoms with Crippen molar-refractivity contribution in [1.82, 2.24) is 0 Å². The third-order valence-electron chi connectivity index (χ3n) is 3.25. The molecule has 0 fully saturated rings. The Morgan fingerprint density at radius 2 is 1.67 bits per heavy atom. The molecule has 0 aliphatic carbocycles. The quantitative estimate of drug-likeness (QED) is 0.870. The van der Waals surface area contributed by atoms with Gasteiger partial charge in [-0.2, -0.15) is 0 Å². The van der Waals surface area contributed by atoms with Gasteiger partial charge in [0.25, 0.3) is 0 Å². The van der Waals surface area contributed by atoms with Crippen LogP contribution in [0.1, 0.15) is 11.1 Å². The SMILES string of the molecule is O=C(O)C(Cc1ccccc1Cl)Cc1cc(F)ccc1Cl. The molecular formula is C16H13Cl2FO2. The van der Waals surface area contributed by atoms with Crippen molar-refractivity contribution < 1.29 is 14.3 Å². The molecule has 0 amide bonds. The normalized spacial score (nSPS) is 12.1. The van der Waals surface area contributed by atoms with E-state index in [1.165, 1.54) is 18.2 Å². The first-order valence-electron chi connectivity index (χ1n) is 6.37. The van der Waals surface area contributed by atoms with Crippen LogP contribution in [-0.2, 0) is 17.6 Å². The van der Waals surface area contributed by atoms with Crippen LogP contribution in [0.4, 0.5) is 4.39 Å². The van der Waals surface area contributed by atoms with Gasteiger partial charge in [-0.05, 0) is 48.2 Å². The zero-order valence-corrected chi connectivity index (χ0v) is 12.5. The Labute approximate surface area is 132 Å². The highest BCUT2D eigenvalue weighted by Crippen LogP contribution is 2.25. The van der Waals surface area contributed by atoms with Crippen LogP contribution >= 0.6 is 23.2 Å². The minimum Gasteiger partial charge on any atom is -0.481 e. The van der Waals surface area contributed by atoms with Gasteiger partial charge in [0.15, 0.2) is 0 Å². The summed E-state index contributed by atoms with van der Waals surface area (Å²) in [4.78, 5) is 11.4. The molecule has 0 radical (unpaired) electrons. The molecule has 0 aliphatic rings. The smallest absolute Gasteiger partial charge is 0.307 e. The summed E-state index contributed by atoms with van der Waals surface area (Å²) in [5, 5.41) is 10.3. The van der Waals surface area contributed by atoms with E-state index < -0.39 is 17.7 Å². The second kappa shape index (κ2) is 6.92. The molecule has 110 valence electrons. The second-order valence-electron chi connectivity index (χ2n) is 4.77. The molecule has 0 aliphatic heterocycles. The van der Waals surface area contributed by atoms with E-state index in [0.29, 0.717) is 15.6 Å². The number of carboxylic acids is 1. The minimum atomic E-state index is -0.963. The van der Waals surface area contributed by atoms with E-state index in [0.717, 1.165) is 5.56 Å². The minimum absolute atomic E-state index is 0.150. The Hall–Kier alpha value is -1.58. The van der Waals surface area contributed by atoms with Gasteiger partial charge in [-0.1, -0.05) is 41.4 Å². The van der Waals surface area contributed by atoms with Crippen molar-refractivity contribution >= 4 is 29.2 Å². The molecule has 1 unspecified atom stereocenters. The van der Waals surface area contributed by atoms with E-state index >= 15 is 0 Å². The number of carboxylic acid groups (broad SMARTS) is 1. The van der Waals surface area contributed by atoms with Crippen LogP contribution in [0.5, 0.6) is 0 Å². The highest BCUT2D eigenvalue weighted by atomic mass is 35.5. The third kappa shape index (κ3) is 4.19. The van der Waals surface area contributed by atoms with Gasteiger partial charge < -0.3 is 5.11 Å². The summed E-state index contributed by atoms with van der Waals surface area (Å²) < 4.78 is 13.3. The molecule has 0 bridgehead atoms. The van der Waals surface area contributed by atoms with Gasteiger partial charge in [0.05, 0.1) is 5.92 Å². The molecule has 0 saturated carbocycles. The highest BCUT2D eigenvalue weighted by molar-refractivity contribution is 6.31. The van der Waals surface area contributed by atoms with Crippen LogP contribution in [0, 0.1) is 11.7 Å². The van der Waals surface area contributed by atoms with E-state index in [1.807, 2.05) is 0 Å². The first-order valence-corrected chi connectivity index (χ1v) is 7.13. The third-order valence-corrected chi connectivity index (χ3v) is 3.98. The van der Waals surface area contributed by atoms with Crippen LogP contribution in [0.25, 0.3) is 0 Å². The largest absolute Gasteiger partial charge is 0.481 e. The summed E-state index contributed by atoms with van der Waals surface area (Å²) in [6.45, 7) is 0. The van der Waals surface area contributed by atoms with E-state index in [2.05, 4.69) is 0 Å². The number of hydrogen-bond donors (Lipinski definition) is 1. The molecular weight excluding hydrogens is 314 g/mol. The number of benzene rings is 2. The van der Waals surface area contributed by atoms with Crippen molar-refractivity contribution in [2.45, 2.75) is 12.8 Å². The van der Waals surface area contributed by atoms with Gasteiger partial charge in [-0.15, -0.1) is 0 Å². The van der Waals surface area contributed by atoms with E-state index in [1.54, 1.807) is 24.3 Å². The summed E-state index contributed by atoms with van der Waals surface area (Å²) in [7, 11) is 0. The summed E-state index contributed by atoms with van der Waals surface area (Å²) in [5.41, 5.74) is 1.23. The van der Waals surface area contributed by atoms with Crippen LogP contribution in [0.15, 0.2) is 42.5 Å². The van der Waals surface area contributed by atoms with Gasteiger partial charge >= 0.3 is 5.97 Å². The summed E-state index contributed by atoms with van der Waals surface area (Å²) in [6, 6.07) is 11.0. The average Bonchev–Trinajstić information content (AvgIpc) is 2.44. The van der Waals surface area contributed by atoms with E-state index in [-0.39, 0.29) is 12.8 Å². The fourth-order valence-corrected chi connectivity index (χ4v) is 2.55. The Morgan fingerprint density at radius 1 is 1.05 bits per heavy atom.